The van der Waals surface area contributed by atoms with E-state index in [1.54, 1.807) is 0 Å². The first-order chi connectivity index (χ1) is 21.1. The fourth-order valence-corrected chi connectivity index (χ4v) is 10.4. The van der Waals surface area contributed by atoms with Gasteiger partial charge in [0, 0.05) is 10.6 Å². The Bertz CT molecular complexity index is 1650. The molecule has 0 radical (unpaired) electrons. The van der Waals surface area contributed by atoms with Crippen LogP contribution in [-0.4, -0.2) is 12.6 Å². The van der Waals surface area contributed by atoms with Gasteiger partial charge in [0.25, 0.3) is 0 Å². The monoisotopic (exact) mass is 599 g/mol. The van der Waals surface area contributed by atoms with Gasteiger partial charge < -0.3 is 4.74 Å². The molecule has 5 aromatic rings. The van der Waals surface area contributed by atoms with Crippen LogP contribution in [0.15, 0.2) is 168 Å². The average molecular weight is 600 g/mol. The number of hydrogen-bond acceptors (Lipinski definition) is 3. The summed E-state index contributed by atoms with van der Waals surface area (Å²) in [6.07, 6.45) is 1.85. The summed E-state index contributed by atoms with van der Waals surface area (Å²) in [4.78, 5) is 13.5. The molecule has 0 aliphatic rings. The average Bonchev–Trinajstić information content (AvgIpc) is 3.07. The molecule has 5 heteroatoms. The molecule has 0 unspecified atom stereocenters. The van der Waals surface area contributed by atoms with Crippen molar-refractivity contribution < 1.29 is 9.53 Å². The van der Waals surface area contributed by atoms with Crippen molar-refractivity contribution in [3.8, 4) is 0 Å². The lowest BCUT2D eigenvalue weighted by Crippen LogP contribution is -2.17. The maximum absolute atomic E-state index is 13.5. The van der Waals surface area contributed by atoms with Crippen LogP contribution in [0.25, 0.3) is 6.08 Å². The first-order valence-electron chi connectivity index (χ1n) is 14.4. The van der Waals surface area contributed by atoms with Gasteiger partial charge in [-0.1, -0.05) is 151 Å². The SMILES string of the molecule is CCOC(=O)/C(=C/c1ccc(C)cc1)N=P(C=CP(c1ccccc1)c1ccccc1)(c1ccccc1)c1ccccc1. The molecule has 0 N–H and O–H groups in total. The molecule has 0 aliphatic carbocycles. The van der Waals surface area contributed by atoms with Crippen LogP contribution in [0.4, 0.5) is 0 Å². The number of aryl methyl sites for hydroxylation is 1. The summed E-state index contributed by atoms with van der Waals surface area (Å²) < 4.78 is 11.0. The van der Waals surface area contributed by atoms with Crippen molar-refractivity contribution >= 4 is 48.2 Å². The molecular formula is C38H35NO2P2. The third-order valence-corrected chi connectivity index (χ3v) is 12.6. The quantitative estimate of drug-likeness (QED) is 0.0920. The van der Waals surface area contributed by atoms with E-state index >= 15 is 0 Å². The molecule has 0 atom stereocenters. The van der Waals surface area contributed by atoms with E-state index in [4.69, 9.17) is 9.48 Å². The molecule has 0 aliphatic heterocycles. The van der Waals surface area contributed by atoms with E-state index in [-0.39, 0.29) is 6.61 Å². The van der Waals surface area contributed by atoms with Gasteiger partial charge in [-0.05, 0) is 55.7 Å². The zero-order chi connectivity index (χ0) is 29.9. The van der Waals surface area contributed by atoms with Crippen LogP contribution in [0, 0.1) is 6.92 Å². The Hall–Kier alpha value is -4.29. The van der Waals surface area contributed by atoms with Gasteiger partial charge in [-0.3, -0.25) is 0 Å². The van der Waals surface area contributed by atoms with Crippen molar-refractivity contribution in [3.63, 3.8) is 0 Å². The van der Waals surface area contributed by atoms with E-state index < -0.39 is 20.9 Å². The minimum atomic E-state index is -2.68. The number of carbonyl (C=O) groups is 1. The van der Waals surface area contributed by atoms with Gasteiger partial charge >= 0.3 is 5.97 Å². The zero-order valence-electron chi connectivity index (χ0n) is 24.5. The van der Waals surface area contributed by atoms with Crippen LogP contribution in [0.2, 0.25) is 0 Å². The molecule has 214 valence electrons. The van der Waals surface area contributed by atoms with Crippen LogP contribution in [-0.2, 0) is 9.53 Å². The van der Waals surface area contributed by atoms with E-state index in [9.17, 15) is 4.79 Å². The Morgan fingerprint density at radius 3 is 1.63 bits per heavy atom. The number of carbonyl (C=O) groups excluding carboxylic acids is 1. The van der Waals surface area contributed by atoms with E-state index in [1.165, 1.54) is 10.6 Å². The lowest BCUT2D eigenvalue weighted by atomic mass is 10.1. The number of hydrogen-bond donors (Lipinski definition) is 0. The number of ether oxygens (including phenoxy) is 1. The molecule has 0 aromatic heterocycles. The number of benzene rings is 5. The van der Waals surface area contributed by atoms with E-state index in [0.717, 1.165) is 21.7 Å². The lowest BCUT2D eigenvalue weighted by molar-refractivity contribution is -0.138. The van der Waals surface area contributed by atoms with Gasteiger partial charge in [0.05, 0.1) is 13.7 Å². The first-order valence-corrected chi connectivity index (χ1v) is 17.6. The molecule has 43 heavy (non-hydrogen) atoms. The Morgan fingerprint density at radius 2 is 1.16 bits per heavy atom. The second kappa shape index (κ2) is 14.7. The molecule has 5 rings (SSSR count). The van der Waals surface area contributed by atoms with Crippen LogP contribution < -0.4 is 21.2 Å². The molecule has 3 nitrogen and oxygen atoms in total. The van der Waals surface area contributed by atoms with Gasteiger partial charge in [-0.25, -0.2) is 9.54 Å². The standard InChI is InChI=1S/C38H35NO2P2/c1-3-41-38(40)37(30-32-26-24-31(2)25-27-32)39-43(35-20-12-6-13-21-35,36-22-14-7-15-23-36)29-28-42(33-16-8-4-9-17-33)34-18-10-5-11-19-34/h4-30H,3H2,1-2H3/b29-28?,37-30-. The van der Waals surface area contributed by atoms with Gasteiger partial charge in [-0.15, -0.1) is 0 Å². The van der Waals surface area contributed by atoms with Gasteiger partial charge in [0.15, 0.2) is 0 Å². The Labute approximate surface area is 256 Å². The van der Waals surface area contributed by atoms with Crippen molar-refractivity contribution in [1.82, 2.24) is 0 Å². The molecule has 5 aromatic carbocycles. The van der Waals surface area contributed by atoms with Crippen LogP contribution >= 0.6 is 15.0 Å². The normalized spacial score (nSPS) is 11.9. The fraction of sp³-hybridized carbons (Fsp3) is 0.0789. The maximum atomic E-state index is 13.5. The summed E-state index contributed by atoms with van der Waals surface area (Å²) >= 11 is 0. The van der Waals surface area contributed by atoms with Crippen molar-refractivity contribution in [2.45, 2.75) is 13.8 Å². The second-order valence-electron chi connectivity index (χ2n) is 9.96. The molecule has 0 heterocycles. The molecule has 0 saturated heterocycles. The highest BCUT2D eigenvalue weighted by molar-refractivity contribution is 7.84. The highest BCUT2D eigenvalue weighted by Gasteiger charge is 2.26. The van der Waals surface area contributed by atoms with Crippen LogP contribution in [0.1, 0.15) is 18.1 Å². The van der Waals surface area contributed by atoms with E-state index in [0.29, 0.717) is 5.70 Å². The van der Waals surface area contributed by atoms with E-state index in [1.807, 2.05) is 92.7 Å². The summed E-state index contributed by atoms with van der Waals surface area (Å²) in [5, 5.41) is 4.63. The van der Waals surface area contributed by atoms with Gasteiger partial charge in [0.2, 0.25) is 0 Å². The Balaban J connectivity index is 1.81. The van der Waals surface area contributed by atoms with E-state index in [2.05, 4.69) is 84.4 Å². The lowest BCUT2D eigenvalue weighted by Gasteiger charge is -2.24. The summed E-state index contributed by atoms with van der Waals surface area (Å²) in [6.45, 7) is 4.14. The Kier molecular flexibility index (Phi) is 10.3. The van der Waals surface area contributed by atoms with Crippen LogP contribution in [0.5, 0.6) is 0 Å². The largest absolute Gasteiger partial charge is 0.461 e. The number of nitrogens with zero attached hydrogens (tertiary/aromatic N) is 1. The smallest absolute Gasteiger partial charge is 0.356 e. The maximum Gasteiger partial charge on any atom is 0.356 e. The molecular weight excluding hydrogens is 564 g/mol. The highest BCUT2D eigenvalue weighted by Crippen LogP contribution is 2.53. The summed E-state index contributed by atoms with van der Waals surface area (Å²) in [7, 11) is -3.53. The zero-order valence-corrected chi connectivity index (χ0v) is 26.2. The third-order valence-electron chi connectivity index (χ3n) is 6.93. The van der Waals surface area contributed by atoms with Crippen LogP contribution in [0.3, 0.4) is 0 Å². The third kappa shape index (κ3) is 7.57. The molecule has 0 amide bonds. The molecule has 0 fully saturated rings. The number of rotatable bonds is 10. The molecule has 0 spiro atoms. The fourth-order valence-electron chi connectivity index (χ4n) is 4.77. The summed E-state index contributed by atoms with van der Waals surface area (Å²) in [5.74, 6) is 4.18. The minimum Gasteiger partial charge on any atom is -0.461 e. The minimum absolute atomic E-state index is 0.269. The predicted molar refractivity (Wildman–Crippen MR) is 186 cm³/mol. The molecule has 0 bridgehead atoms. The molecule has 0 saturated carbocycles. The van der Waals surface area contributed by atoms with Gasteiger partial charge in [0.1, 0.15) is 5.70 Å². The second-order valence-corrected chi connectivity index (χ2v) is 14.9. The predicted octanol–water partition coefficient (Wildman–Crippen LogP) is 8.36. The van der Waals surface area contributed by atoms with Crippen molar-refractivity contribution in [2.75, 3.05) is 6.61 Å². The van der Waals surface area contributed by atoms with Gasteiger partial charge in [-0.2, -0.15) is 0 Å². The topological polar surface area (TPSA) is 38.7 Å². The highest BCUT2D eigenvalue weighted by atomic mass is 31.2. The van der Waals surface area contributed by atoms with Crippen molar-refractivity contribution in [1.29, 1.82) is 0 Å². The van der Waals surface area contributed by atoms with Crippen molar-refractivity contribution in [2.24, 2.45) is 4.74 Å². The first kappa shape index (κ1) is 30.2. The van der Waals surface area contributed by atoms with Crippen molar-refractivity contribution in [3.05, 3.63) is 174 Å². The summed E-state index contributed by atoms with van der Waals surface area (Å²) in [5.41, 5.74) is 2.36. The number of esters is 1. The summed E-state index contributed by atoms with van der Waals surface area (Å²) in [6, 6.07) is 50.0. The Morgan fingerprint density at radius 1 is 0.698 bits per heavy atom.